The monoisotopic (exact) mass is 540 g/mol. The molecule has 0 saturated heterocycles. The van der Waals surface area contributed by atoms with Gasteiger partial charge in [-0.05, 0) is 43.7 Å². The fourth-order valence-electron chi connectivity index (χ4n) is 2.93. The number of carbonyl (C=O) groups is 2. The molecule has 36 heavy (non-hydrogen) atoms. The van der Waals surface area contributed by atoms with Crippen LogP contribution in [0.15, 0.2) is 35.9 Å². The largest absolute Gasteiger partial charge is 0.415 e. The second kappa shape index (κ2) is 12.3. The average molecular weight is 541 g/mol. The molecule has 13 nitrogen and oxygen atoms in total. The van der Waals surface area contributed by atoms with Gasteiger partial charge in [-0.2, -0.15) is 8.42 Å². The third kappa shape index (κ3) is 8.23. The number of nitrogens with two attached hydrogens (primary N) is 1. The van der Waals surface area contributed by atoms with Gasteiger partial charge in [-0.15, -0.1) is 11.3 Å². The second-order valence-electron chi connectivity index (χ2n) is 7.43. The maximum absolute atomic E-state index is 12.8. The van der Waals surface area contributed by atoms with Crippen molar-refractivity contribution >= 4 is 50.9 Å². The zero-order chi connectivity index (χ0) is 27.0. The van der Waals surface area contributed by atoms with Crippen LogP contribution in [0.3, 0.4) is 0 Å². The molecule has 2 aromatic rings. The first-order chi connectivity index (χ1) is 16.8. The first kappa shape index (κ1) is 28.6. The highest BCUT2D eigenvalue weighted by molar-refractivity contribution is 7.85. The van der Waals surface area contributed by atoms with Crippen LogP contribution in [-0.4, -0.2) is 71.1 Å². The number of rotatable bonds is 12. The minimum Gasteiger partial charge on any atom is -0.415 e. The van der Waals surface area contributed by atoms with Crippen molar-refractivity contribution in [2.45, 2.75) is 13.3 Å². The summed E-state index contributed by atoms with van der Waals surface area (Å²) in [6.07, 6.45) is 1.67. The number of amidine groups is 1. The quantitative estimate of drug-likeness (QED) is 0.0446. The number of amides is 1. The van der Waals surface area contributed by atoms with Crippen molar-refractivity contribution < 1.29 is 37.3 Å². The maximum atomic E-state index is 12.8. The lowest BCUT2D eigenvalue weighted by Crippen LogP contribution is -2.36. The van der Waals surface area contributed by atoms with Crippen LogP contribution in [0.2, 0.25) is 0 Å². The summed E-state index contributed by atoms with van der Waals surface area (Å²) in [5.74, 6) is -2.77. The molecule has 194 valence electrons. The van der Waals surface area contributed by atoms with Crippen LogP contribution in [0.5, 0.6) is 5.75 Å². The van der Waals surface area contributed by atoms with Crippen molar-refractivity contribution in [3.63, 3.8) is 0 Å². The molecule has 1 amide bonds. The standard InChI is InChI=1S/C21H24N4O9S2/c1-13(20(27)24(7-2-9-26)8-10-36(31,32)33)11-15-4-6-18(35-15)21(28)34-17-5-3-14(19(22)23)12-16(17)25(29)30/h3-6,11-12,26H,2,7-10H2,1H3,(H3,22,23)(H,31,32,33). The highest BCUT2D eigenvalue weighted by Gasteiger charge is 2.22. The Labute approximate surface area is 210 Å². The van der Waals surface area contributed by atoms with Crippen LogP contribution in [0.4, 0.5) is 5.69 Å². The van der Waals surface area contributed by atoms with Gasteiger partial charge in [0.15, 0.2) is 0 Å². The number of nitrogens with zero attached hydrogens (tertiary/aromatic N) is 2. The molecule has 0 spiro atoms. The van der Waals surface area contributed by atoms with Crippen LogP contribution in [0.25, 0.3) is 6.08 Å². The lowest BCUT2D eigenvalue weighted by atomic mass is 10.1. The lowest BCUT2D eigenvalue weighted by Gasteiger charge is -2.22. The molecule has 2 rings (SSSR count). The SMILES string of the molecule is CC(=Cc1ccc(C(=O)Oc2ccc(C(=N)N)cc2[N+](=O)[O-])s1)C(=O)N(CCCO)CCS(=O)(=O)O. The van der Waals surface area contributed by atoms with E-state index in [1.54, 1.807) is 0 Å². The molecular formula is C21H24N4O9S2. The van der Waals surface area contributed by atoms with E-state index in [1.807, 2.05) is 0 Å². The number of benzene rings is 1. The number of aliphatic hydroxyl groups is 1. The van der Waals surface area contributed by atoms with Crippen molar-refractivity contribution in [2.24, 2.45) is 5.73 Å². The van der Waals surface area contributed by atoms with Gasteiger partial charge in [-0.1, -0.05) is 0 Å². The number of carbonyl (C=O) groups excluding carboxylic acids is 2. The third-order valence-corrected chi connectivity index (χ3v) is 6.40. The van der Waals surface area contributed by atoms with Crippen molar-refractivity contribution in [1.82, 2.24) is 4.90 Å². The Morgan fingerprint density at radius 1 is 1.28 bits per heavy atom. The molecule has 0 unspecified atom stereocenters. The fraction of sp³-hybridized carbons (Fsp3) is 0.286. The topological polar surface area (TPSA) is 214 Å². The second-order valence-corrected chi connectivity index (χ2v) is 10.1. The zero-order valence-electron chi connectivity index (χ0n) is 19.0. The van der Waals surface area contributed by atoms with Gasteiger partial charge in [0.25, 0.3) is 10.1 Å². The van der Waals surface area contributed by atoms with E-state index in [9.17, 15) is 28.1 Å². The first-order valence-corrected chi connectivity index (χ1v) is 12.7. The van der Waals surface area contributed by atoms with Gasteiger partial charge in [-0.25, -0.2) is 4.79 Å². The van der Waals surface area contributed by atoms with Crippen LogP contribution in [0, 0.1) is 15.5 Å². The molecule has 0 saturated carbocycles. The molecule has 15 heteroatoms. The molecule has 0 fully saturated rings. The lowest BCUT2D eigenvalue weighted by molar-refractivity contribution is -0.385. The summed E-state index contributed by atoms with van der Waals surface area (Å²) in [5, 5.41) is 27.7. The normalized spacial score (nSPS) is 11.7. The fourth-order valence-corrected chi connectivity index (χ4v) is 4.27. The van der Waals surface area contributed by atoms with Gasteiger partial charge in [0.1, 0.15) is 10.7 Å². The summed E-state index contributed by atoms with van der Waals surface area (Å²) in [6, 6.07) is 6.43. The average Bonchev–Trinajstić information content (AvgIpc) is 3.26. The van der Waals surface area contributed by atoms with E-state index in [-0.39, 0.29) is 53.7 Å². The molecule has 0 aliphatic rings. The van der Waals surface area contributed by atoms with Crippen molar-refractivity contribution in [2.75, 3.05) is 25.4 Å². The molecule has 0 atom stereocenters. The van der Waals surface area contributed by atoms with Crippen LogP contribution < -0.4 is 10.5 Å². The van der Waals surface area contributed by atoms with Gasteiger partial charge < -0.3 is 20.5 Å². The molecule has 0 radical (unpaired) electrons. The van der Waals surface area contributed by atoms with Gasteiger partial charge in [-0.3, -0.25) is 24.9 Å². The van der Waals surface area contributed by atoms with Crippen LogP contribution in [-0.2, 0) is 14.9 Å². The van der Waals surface area contributed by atoms with Crippen molar-refractivity contribution in [3.8, 4) is 5.75 Å². The van der Waals surface area contributed by atoms with Crippen LogP contribution >= 0.6 is 11.3 Å². The summed E-state index contributed by atoms with van der Waals surface area (Å²) < 4.78 is 36.2. The Balaban J connectivity index is 2.19. The van der Waals surface area contributed by atoms with Gasteiger partial charge in [0.05, 0.1) is 10.7 Å². The Kier molecular flexibility index (Phi) is 9.80. The van der Waals surface area contributed by atoms with Crippen molar-refractivity contribution in [1.29, 1.82) is 5.41 Å². The number of nitrogens with one attached hydrogen (secondary N) is 1. The molecule has 0 bridgehead atoms. The number of nitrogen functional groups attached to an aromatic ring is 1. The Morgan fingerprint density at radius 2 is 1.97 bits per heavy atom. The van der Waals surface area contributed by atoms with E-state index in [4.69, 9.17) is 25.5 Å². The van der Waals surface area contributed by atoms with E-state index < -0.39 is 38.4 Å². The number of nitro groups is 1. The zero-order valence-corrected chi connectivity index (χ0v) is 20.7. The Bertz CT molecular complexity index is 1300. The molecule has 1 heterocycles. The van der Waals surface area contributed by atoms with E-state index >= 15 is 0 Å². The smallest absolute Gasteiger partial charge is 0.353 e. The predicted octanol–water partition coefficient (Wildman–Crippen LogP) is 1.66. The minimum absolute atomic E-state index is 0.0687. The van der Waals surface area contributed by atoms with Gasteiger partial charge in [0, 0.05) is 41.8 Å². The maximum Gasteiger partial charge on any atom is 0.353 e. The molecular weight excluding hydrogens is 516 g/mol. The van der Waals surface area contributed by atoms with Crippen LogP contribution in [0.1, 0.15) is 33.5 Å². The van der Waals surface area contributed by atoms with E-state index in [0.29, 0.717) is 4.88 Å². The highest BCUT2D eigenvalue weighted by atomic mass is 32.2. The summed E-state index contributed by atoms with van der Waals surface area (Å²) >= 11 is 0.954. The Hall–Kier alpha value is -3.66. The highest BCUT2D eigenvalue weighted by Crippen LogP contribution is 2.30. The van der Waals surface area contributed by atoms with Gasteiger partial charge in [0.2, 0.25) is 11.7 Å². The number of aliphatic hydroxyl groups excluding tert-OH is 1. The molecule has 5 N–H and O–H groups in total. The summed E-state index contributed by atoms with van der Waals surface area (Å²) in [4.78, 5) is 37.6. The summed E-state index contributed by atoms with van der Waals surface area (Å²) in [6.45, 7) is 1.06. The number of ether oxygens (including phenoxy) is 1. The van der Waals surface area contributed by atoms with Crippen molar-refractivity contribution in [3.05, 3.63) is 61.3 Å². The predicted molar refractivity (Wildman–Crippen MR) is 132 cm³/mol. The minimum atomic E-state index is -4.29. The third-order valence-electron chi connectivity index (χ3n) is 4.69. The number of hydrogen-bond acceptors (Lipinski definition) is 10. The van der Waals surface area contributed by atoms with Gasteiger partial charge >= 0.3 is 11.7 Å². The first-order valence-electron chi connectivity index (χ1n) is 10.3. The van der Waals surface area contributed by atoms with E-state index in [1.165, 1.54) is 36.1 Å². The molecule has 1 aromatic carbocycles. The van der Waals surface area contributed by atoms with E-state index in [2.05, 4.69) is 0 Å². The number of esters is 1. The number of nitro benzene ring substituents is 1. The van der Waals surface area contributed by atoms with E-state index in [0.717, 1.165) is 23.5 Å². The number of thiophene rings is 1. The summed E-state index contributed by atoms with van der Waals surface area (Å²) in [5.41, 5.74) is 5.10. The summed E-state index contributed by atoms with van der Waals surface area (Å²) in [7, 11) is -4.29. The number of hydrogen-bond donors (Lipinski definition) is 4. The molecule has 1 aromatic heterocycles. The molecule has 0 aliphatic heterocycles. The molecule has 0 aliphatic carbocycles. The Morgan fingerprint density at radius 3 is 2.56 bits per heavy atom.